The Morgan fingerprint density at radius 1 is 1.41 bits per heavy atom. The lowest BCUT2D eigenvalue weighted by Gasteiger charge is -2.13. The van der Waals surface area contributed by atoms with Crippen LogP contribution in [0.3, 0.4) is 0 Å². The fourth-order valence-corrected chi connectivity index (χ4v) is 2.14. The number of aromatic nitrogens is 2. The summed E-state index contributed by atoms with van der Waals surface area (Å²) in [4.78, 5) is 18.8. The van der Waals surface area contributed by atoms with E-state index in [9.17, 15) is 9.18 Å². The average molecular weight is 325 g/mol. The first-order valence-corrected chi connectivity index (χ1v) is 6.97. The van der Waals surface area contributed by atoms with Gasteiger partial charge in [-0.05, 0) is 31.5 Å². The van der Waals surface area contributed by atoms with Crippen molar-refractivity contribution in [2.24, 2.45) is 0 Å². The number of halogens is 2. The molecule has 0 aliphatic carbocycles. The van der Waals surface area contributed by atoms with Gasteiger partial charge in [-0.2, -0.15) is 4.98 Å². The molecule has 0 atom stereocenters. The Labute approximate surface area is 131 Å². The van der Waals surface area contributed by atoms with Crippen molar-refractivity contribution in [3.8, 4) is 5.88 Å². The minimum atomic E-state index is -1.24. The number of carboxylic acid groups (broad SMARTS) is 1. The summed E-state index contributed by atoms with van der Waals surface area (Å²) in [5.41, 5.74) is 1.39. The third kappa shape index (κ3) is 3.51. The van der Waals surface area contributed by atoms with Gasteiger partial charge in [-0.25, -0.2) is 14.2 Å². The van der Waals surface area contributed by atoms with Gasteiger partial charge in [-0.3, -0.25) is 0 Å². The number of aromatic carboxylic acids is 1. The van der Waals surface area contributed by atoms with Gasteiger partial charge in [0.15, 0.2) is 0 Å². The van der Waals surface area contributed by atoms with Crippen LogP contribution in [0, 0.1) is 12.7 Å². The molecule has 0 saturated carbocycles. The second-order valence-electron chi connectivity index (χ2n) is 4.57. The summed E-state index contributed by atoms with van der Waals surface area (Å²) < 4.78 is 19.3. The van der Waals surface area contributed by atoms with Crippen LogP contribution in [-0.4, -0.2) is 27.7 Å². The molecule has 0 bridgehead atoms. The van der Waals surface area contributed by atoms with Gasteiger partial charge in [-0.1, -0.05) is 17.7 Å². The Morgan fingerprint density at radius 3 is 2.73 bits per heavy atom. The monoisotopic (exact) mass is 324 g/mol. The molecule has 116 valence electrons. The molecule has 1 N–H and O–H groups in total. The summed E-state index contributed by atoms with van der Waals surface area (Å²) in [6.45, 7) is 3.70. The molecule has 0 unspecified atom stereocenters. The molecule has 2 aromatic rings. The van der Waals surface area contributed by atoms with Gasteiger partial charge in [0.2, 0.25) is 11.7 Å². The van der Waals surface area contributed by atoms with Crippen molar-refractivity contribution < 1.29 is 19.0 Å². The number of rotatable bonds is 5. The lowest BCUT2D eigenvalue weighted by atomic mass is 10.0. The molecule has 5 nitrogen and oxygen atoms in total. The van der Waals surface area contributed by atoms with E-state index in [1.165, 1.54) is 6.07 Å². The van der Waals surface area contributed by atoms with E-state index in [0.29, 0.717) is 28.5 Å². The largest absolute Gasteiger partial charge is 0.478 e. The SMILES string of the molecule is CCOc1nc(C(=O)O)nc(C)c1Cc1ccc(Cl)cc1F. The van der Waals surface area contributed by atoms with Crippen LogP contribution in [0.2, 0.25) is 5.02 Å². The van der Waals surface area contributed by atoms with Crippen LogP contribution in [0.25, 0.3) is 0 Å². The molecular weight excluding hydrogens is 311 g/mol. The Balaban J connectivity index is 2.47. The third-order valence-corrected chi connectivity index (χ3v) is 3.27. The fourth-order valence-electron chi connectivity index (χ4n) is 1.98. The van der Waals surface area contributed by atoms with Crippen LogP contribution in [0.15, 0.2) is 18.2 Å². The molecule has 0 spiro atoms. The van der Waals surface area contributed by atoms with Crippen molar-refractivity contribution in [3.63, 3.8) is 0 Å². The second-order valence-corrected chi connectivity index (χ2v) is 5.00. The van der Waals surface area contributed by atoms with Gasteiger partial charge in [0.25, 0.3) is 0 Å². The van der Waals surface area contributed by atoms with E-state index in [1.807, 2.05) is 0 Å². The van der Waals surface area contributed by atoms with Gasteiger partial charge < -0.3 is 9.84 Å². The average Bonchev–Trinajstić information content (AvgIpc) is 2.44. The lowest BCUT2D eigenvalue weighted by molar-refractivity contribution is 0.0681. The van der Waals surface area contributed by atoms with E-state index >= 15 is 0 Å². The van der Waals surface area contributed by atoms with Crippen LogP contribution >= 0.6 is 11.6 Å². The zero-order valence-electron chi connectivity index (χ0n) is 12.1. The molecule has 22 heavy (non-hydrogen) atoms. The lowest BCUT2D eigenvalue weighted by Crippen LogP contribution is -2.12. The van der Waals surface area contributed by atoms with Gasteiger partial charge in [0.1, 0.15) is 5.82 Å². The minimum Gasteiger partial charge on any atom is -0.478 e. The Hall–Kier alpha value is -2.21. The number of nitrogens with zero attached hydrogens (tertiary/aromatic N) is 2. The third-order valence-electron chi connectivity index (χ3n) is 3.03. The number of benzene rings is 1. The van der Waals surface area contributed by atoms with Crippen molar-refractivity contribution in [2.45, 2.75) is 20.3 Å². The number of carbonyl (C=O) groups is 1. The van der Waals surface area contributed by atoms with E-state index in [-0.39, 0.29) is 18.1 Å². The predicted octanol–water partition coefficient (Wildman–Crippen LogP) is 3.27. The summed E-state index contributed by atoms with van der Waals surface area (Å²) in [6, 6.07) is 4.37. The van der Waals surface area contributed by atoms with Gasteiger partial charge in [0, 0.05) is 22.7 Å². The fraction of sp³-hybridized carbons (Fsp3) is 0.267. The molecule has 1 heterocycles. The number of aryl methyl sites for hydroxylation is 1. The summed E-state index contributed by atoms with van der Waals surface area (Å²) in [5.74, 6) is -1.88. The number of hydrogen-bond donors (Lipinski definition) is 1. The van der Waals surface area contributed by atoms with Crippen molar-refractivity contribution in [2.75, 3.05) is 6.61 Å². The normalized spacial score (nSPS) is 10.5. The zero-order chi connectivity index (χ0) is 16.3. The molecular formula is C15H14ClFN2O3. The molecule has 0 aliphatic rings. The van der Waals surface area contributed by atoms with Crippen LogP contribution < -0.4 is 4.74 Å². The Kier molecular flexibility index (Phi) is 4.92. The van der Waals surface area contributed by atoms with Gasteiger partial charge in [-0.15, -0.1) is 0 Å². The maximum atomic E-state index is 13.9. The first-order valence-electron chi connectivity index (χ1n) is 6.60. The van der Waals surface area contributed by atoms with Crippen molar-refractivity contribution in [1.29, 1.82) is 0 Å². The first-order chi connectivity index (χ1) is 10.4. The highest BCUT2D eigenvalue weighted by atomic mass is 35.5. The number of hydrogen-bond acceptors (Lipinski definition) is 4. The summed E-state index contributed by atoms with van der Waals surface area (Å²) in [6.07, 6.45) is 0.185. The standard InChI is InChI=1S/C15H14ClFN2O3/c1-3-22-14-11(8(2)18-13(19-14)15(20)21)6-9-4-5-10(16)7-12(9)17/h4-5,7H,3,6H2,1-2H3,(H,20,21). The van der Waals surface area contributed by atoms with Crippen LogP contribution in [0.5, 0.6) is 5.88 Å². The summed E-state index contributed by atoms with van der Waals surface area (Å²) >= 11 is 5.73. The highest BCUT2D eigenvalue weighted by Gasteiger charge is 2.18. The van der Waals surface area contributed by atoms with Gasteiger partial charge >= 0.3 is 5.97 Å². The van der Waals surface area contributed by atoms with E-state index in [4.69, 9.17) is 21.4 Å². The van der Waals surface area contributed by atoms with E-state index in [1.54, 1.807) is 26.0 Å². The molecule has 0 radical (unpaired) electrons. The topological polar surface area (TPSA) is 72.3 Å². The highest BCUT2D eigenvalue weighted by molar-refractivity contribution is 6.30. The van der Waals surface area contributed by atoms with Crippen LogP contribution in [0.1, 0.15) is 34.4 Å². The Morgan fingerprint density at radius 2 is 2.14 bits per heavy atom. The van der Waals surface area contributed by atoms with Crippen molar-refractivity contribution >= 4 is 17.6 Å². The van der Waals surface area contributed by atoms with E-state index in [0.717, 1.165) is 0 Å². The molecule has 2 rings (SSSR count). The predicted molar refractivity (Wildman–Crippen MR) is 79.1 cm³/mol. The second kappa shape index (κ2) is 6.70. The van der Waals surface area contributed by atoms with Crippen LogP contribution in [-0.2, 0) is 6.42 Å². The molecule has 1 aromatic heterocycles. The molecule has 0 saturated heterocycles. The van der Waals surface area contributed by atoms with E-state index < -0.39 is 11.8 Å². The highest BCUT2D eigenvalue weighted by Crippen LogP contribution is 2.25. The zero-order valence-corrected chi connectivity index (χ0v) is 12.8. The van der Waals surface area contributed by atoms with E-state index in [2.05, 4.69) is 9.97 Å². The molecule has 7 heteroatoms. The van der Waals surface area contributed by atoms with Gasteiger partial charge in [0.05, 0.1) is 6.61 Å². The Bertz CT molecular complexity index is 722. The summed E-state index contributed by atoms with van der Waals surface area (Å²) in [7, 11) is 0. The number of carboxylic acids is 1. The van der Waals surface area contributed by atoms with Crippen molar-refractivity contribution in [1.82, 2.24) is 9.97 Å². The molecule has 1 aromatic carbocycles. The van der Waals surface area contributed by atoms with Crippen molar-refractivity contribution in [3.05, 3.63) is 51.7 Å². The number of ether oxygens (including phenoxy) is 1. The maximum absolute atomic E-state index is 13.9. The smallest absolute Gasteiger partial charge is 0.374 e. The first kappa shape index (κ1) is 16.2. The maximum Gasteiger partial charge on any atom is 0.374 e. The molecule has 0 fully saturated rings. The minimum absolute atomic E-state index is 0.154. The molecule has 0 amide bonds. The summed E-state index contributed by atoms with van der Waals surface area (Å²) in [5, 5.41) is 9.31. The molecule has 0 aliphatic heterocycles. The van der Waals surface area contributed by atoms with Crippen LogP contribution in [0.4, 0.5) is 4.39 Å². The quantitative estimate of drug-likeness (QED) is 0.914.